The van der Waals surface area contributed by atoms with Crippen LogP contribution in [0.3, 0.4) is 0 Å². The predicted octanol–water partition coefficient (Wildman–Crippen LogP) is 4.15. The molecule has 162 valence electrons. The molecule has 0 amide bonds. The van der Waals surface area contributed by atoms with Crippen molar-refractivity contribution >= 4 is 17.2 Å². The van der Waals surface area contributed by atoms with Gasteiger partial charge in [-0.2, -0.15) is 0 Å². The fourth-order valence-corrected chi connectivity index (χ4v) is 7.13. The molecule has 0 aromatic rings. The van der Waals surface area contributed by atoms with Crippen molar-refractivity contribution in [1.29, 1.82) is 0 Å². The SMILES string of the molecule is CC(C)(N)CON=C1CC[C@@]2(C)C(C1)/C(=N/O)C[C@@H]1[C@@H]2CC[C@]2(C)C(=O)CC[C@@H]12. The highest BCUT2D eigenvalue weighted by Gasteiger charge is 2.61. The molecule has 0 heterocycles. The van der Waals surface area contributed by atoms with Gasteiger partial charge in [0.1, 0.15) is 12.4 Å². The van der Waals surface area contributed by atoms with Gasteiger partial charge < -0.3 is 15.8 Å². The molecule has 0 radical (unpaired) electrons. The zero-order valence-electron chi connectivity index (χ0n) is 18.4. The molecule has 29 heavy (non-hydrogen) atoms. The highest BCUT2D eigenvalue weighted by atomic mass is 16.6. The molecule has 0 spiro atoms. The number of carbonyl (C=O) groups excluding carboxylic acids is 1. The standard InChI is InChI=1S/C23H37N3O3/c1-21(2,24)13-29-26-14-7-9-22(3)17-8-10-23(4)16(5-6-20(23)27)15(17)12-19(25-28)18(22)11-14/h15-18,28H,5-13,24H2,1-4H3/b25-19+,26-14?/t15-,16-,17-,18?,22+,23-/m0/s1. The van der Waals surface area contributed by atoms with Crippen molar-refractivity contribution in [1.82, 2.24) is 0 Å². The topological polar surface area (TPSA) is 97.3 Å². The van der Waals surface area contributed by atoms with Gasteiger partial charge in [0.15, 0.2) is 0 Å². The number of oxime groups is 2. The van der Waals surface area contributed by atoms with Gasteiger partial charge in [0.05, 0.1) is 11.4 Å². The Morgan fingerprint density at radius 2 is 1.93 bits per heavy atom. The van der Waals surface area contributed by atoms with E-state index in [1.807, 2.05) is 13.8 Å². The van der Waals surface area contributed by atoms with Gasteiger partial charge in [0.2, 0.25) is 0 Å². The summed E-state index contributed by atoms with van der Waals surface area (Å²) in [6.45, 7) is 8.81. The summed E-state index contributed by atoms with van der Waals surface area (Å²) in [5, 5.41) is 18.1. The Morgan fingerprint density at radius 1 is 1.17 bits per heavy atom. The normalized spacial score (nSPS) is 45.1. The first-order chi connectivity index (χ1) is 13.6. The van der Waals surface area contributed by atoms with Gasteiger partial charge in [0, 0.05) is 23.3 Å². The minimum atomic E-state index is -0.406. The number of Topliss-reactive ketones (excluding diaryl/α,β-unsaturated/α-hetero) is 1. The zero-order chi connectivity index (χ0) is 21.0. The lowest BCUT2D eigenvalue weighted by Crippen LogP contribution is -2.56. The molecule has 4 aliphatic carbocycles. The molecular formula is C23H37N3O3. The minimum absolute atomic E-state index is 0.101. The molecular weight excluding hydrogens is 366 g/mol. The van der Waals surface area contributed by atoms with Crippen molar-refractivity contribution in [3.63, 3.8) is 0 Å². The van der Waals surface area contributed by atoms with E-state index in [2.05, 4.69) is 24.2 Å². The molecule has 0 bridgehead atoms. The number of hydrogen-bond donors (Lipinski definition) is 2. The largest absolute Gasteiger partial charge is 0.411 e. The predicted molar refractivity (Wildman–Crippen MR) is 113 cm³/mol. The van der Waals surface area contributed by atoms with E-state index in [-0.39, 0.29) is 16.7 Å². The molecule has 4 rings (SSSR count). The van der Waals surface area contributed by atoms with Crippen molar-refractivity contribution in [2.75, 3.05) is 6.61 Å². The second-order valence-electron chi connectivity index (χ2n) is 11.3. The minimum Gasteiger partial charge on any atom is -0.411 e. The molecule has 6 nitrogen and oxygen atoms in total. The van der Waals surface area contributed by atoms with E-state index in [9.17, 15) is 10.0 Å². The molecule has 1 unspecified atom stereocenters. The number of nitrogens with zero attached hydrogens (tertiary/aromatic N) is 2. The van der Waals surface area contributed by atoms with Crippen LogP contribution in [0, 0.1) is 34.5 Å². The van der Waals surface area contributed by atoms with Crippen LogP contribution in [0.25, 0.3) is 0 Å². The van der Waals surface area contributed by atoms with E-state index in [0.29, 0.717) is 30.1 Å². The van der Waals surface area contributed by atoms with E-state index >= 15 is 0 Å². The second kappa shape index (κ2) is 7.07. The Morgan fingerprint density at radius 3 is 2.62 bits per heavy atom. The van der Waals surface area contributed by atoms with E-state index in [4.69, 9.17) is 10.6 Å². The molecule has 0 aliphatic heterocycles. The quantitative estimate of drug-likeness (QED) is 0.546. The number of carbonyl (C=O) groups is 1. The van der Waals surface area contributed by atoms with Crippen LogP contribution in [0.2, 0.25) is 0 Å². The smallest absolute Gasteiger partial charge is 0.139 e. The molecule has 4 fully saturated rings. The molecule has 0 saturated heterocycles. The van der Waals surface area contributed by atoms with E-state index < -0.39 is 5.54 Å². The van der Waals surface area contributed by atoms with Gasteiger partial charge in [-0.15, -0.1) is 0 Å². The monoisotopic (exact) mass is 403 g/mol. The average molecular weight is 404 g/mol. The summed E-state index contributed by atoms with van der Waals surface area (Å²) >= 11 is 0. The first kappa shape index (κ1) is 20.8. The lowest BCUT2D eigenvalue weighted by Gasteiger charge is -2.59. The van der Waals surface area contributed by atoms with Crippen molar-refractivity contribution in [3.8, 4) is 0 Å². The van der Waals surface area contributed by atoms with Gasteiger partial charge in [-0.25, -0.2) is 0 Å². The Labute approximate surface area is 174 Å². The third-order valence-corrected chi connectivity index (χ3v) is 8.79. The summed E-state index contributed by atoms with van der Waals surface area (Å²) in [5.41, 5.74) is 7.48. The van der Waals surface area contributed by atoms with Crippen LogP contribution in [-0.2, 0) is 9.63 Å². The van der Waals surface area contributed by atoms with Crippen LogP contribution in [-0.4, -0.2) is 34.6 Å². The van der Waals surface area contributed by atoms with Crippen LogP contribution < -0.4 is 5.73 Å². The van der Waals surface area contributed by atoms with Gasteiger partial charge in [-0.05, 0) is 82.0 Å². The molecule has 0 aromatic carbocycles. The van der Waals surface area contributed by atoms with Crippen molar-refractivity contribution in [2.24, 2.45) is 50.5 Å². The van der Waals surface area contributed by atoms with Crippen LogP contribution in [0.1, 0.15) is 79.1 Å². The van der Waals surface area contributed by atoms with Crippen LogP contribution in [0.5, 0.6) is 0 Å². The summed E-state index contributed by atoms with van der Waals surface area (Å²) in [5.74, 6) is 2.15. The Balaban J connectivity index is 1.56. The Kier molecular flexibility index (Phi) is 5.08. The molecule has 6 atom stereocenters. The summed E-state index contributed by atoms with van der Waals surface area (Å²) in [6, 6.07) is 0. The first-order valence-corrected chi connectivity index (χ1v) is 11.3. The molecule has 4 saturated carbocycles. The van der Waals surface area contributed by atoms with E-state index in [0.717, 1.165) is 62.8 Å². The highest BCUT2D eigenvalue weighted by molar-refractivity contribution is 5.96. The lowest BCUT2D eigenvalue weighted by molar-refractivity contribution is -0.133. The van der Waals surface area contributed by atoms with Gasteiger partial charge in [-0.1, -0.05) is 24.2 Å². The maximum atomic E-state index is 12.6. The van der Waals surface area contributed by atoms with Crippen LogP contribution >= 0.6 is 0 Å². The maximum absolute atomic E-state index is 12.6. The number of fused-ring (bicyclic) bond motifs is 5. The fourth-order valence-electron chi connectivity index (χ4n) is 7.13. The van der Waals surface area contributed by atoms with Crippen LogP contribution in [0.15, 0.2) is 10.3 Å². The lowest BCUT2D eigenvalue weighted by atomic mass is 9.45. The molecule has 0 aromatic heterocycles. The van der Waals surface area contributed by atoms with Crippen molar-refractivity contribution in [3.05, 3.63) is 0 Å². The highest BCUT2D eigenvalue weighted by Crippen LogP contribution is 2.64. The summed E-state index contributed by atoms with van der Waals surface area (Å²) in [4.78, 5) is 18.1. The Hall–Kier alpha value is -1.43. The number of ketones is 1. The van der Waals surface area contributed by atoms with Gasteiger partial charge >= 0.3 is 0 Å². The number of rotatable bonds is 3. The summed E-state index contributed by atoms with van der Waals surface area (Å²) < 4.78 is 0. The molecule has 6 heteroatoms. The maximum Gasteiger partial charge on any atom is 0.139 e. The third kappa shape index (κ3) is 3.41. The third-order valence-electron chi connectivity index (χ3n) is 8.79. The van der Waals surface area contributed by atoms with Gasteiger partial charge in [-0.3, -0.25) is 4.79 Å². The fraction of sp³-hybridized carbons (Fsp3) is 0.870. The summed E-state index contributed by atoms with van der Waals surface area (Å²) in [7, 11) is 0. The van der Waals surface area contributed by atoms with E-state index in [1.54, 1.807) is 0 Å². The van der Waals surface area contributed by atoms with E-state index in [1.165, 1.54) is 0 Å². The van der Waals surface area contributed by atoms with Gasteiger partial charge in [0.25, 0.3) is 0 Å². The summed E-state index contributed by atoms with van der Waals surface area (Å²) in [6.07, 6.45) is 7.42. The van der Waals surface area contributed by atoms with Crippen LogP contribution in [0.4, 0.5) is 0 Å². The van der Waals surface area contributed by atoms with Crippen molar-refractivity contribution < 1.29 is 14.8 Å². The number of hydrogen-bond acceptors (Lipinski definition) is 6. The number of nitrogens with two attached hydrogens (primary N) is 1. The zero-order valence-corrected chi connectivity index (χ0v) is 18.4. The second-order valence-corrected chi connectivity index (χ2v) is 11.3. The average Bonchev–Trinajstić information content (AvgIpc) is 2.95. The Bertz CT molecular complexity index is 740. The molecule has 4 aliphatic rings. The van der Waals surface area contributed by atoms with Crippen molar-refractivity contribution in [2.45, 2.75) is 84.6 Å². The first-order valence-electron chi connectivity index (χ1n) is 11.3. The molecule has 3 N–H and O–H groups in total.